The normalized spacial score (nSPS) is 14.2. The summed E-state index contributed by atoms with van der Waals surface area (Å²) in [4.78, 5) is 14.7. The van der Waals surface area contributed by atoms with Crippen LogP contribution in [-0.4, -0.2) is 19.0 Å². The van der Waals surface area contributed by atoms with Gasteiger partial charge in [0.05, 0.1) is 0 Å². The van der Waals surface area contributed by atoms with Crippen molar-refractivity contribution in [3.63, 3.8) is 0 Å². The number of carbonyl (C=O) groups is 1. The molecule has 1 fully saturated rings. The van der Waals surface area contributed by atoms with E-state index < -0.39 is 0 Å². The van der Waals surface area contributed by atoms with Crippen LogP contribution in [0.2, 0.25) is 0 Å². The van der Waals surface area contributed by atoms with Gasteiger partial charge in [-0.2, -0.15) is 5.26 Å². The van der Waals surface area contributed by atoms with Crippen molar-refractivity contribution >= 4 is 17.7 Å². The lowest BCUT2D eigenvalue weighted by Crippen LogP contribution is -2.23. The SMILES string of the molecule is Cc1cc(N2CCCC2)ccc1/C=C(/C#N)C(=O)NCc1ccccc1. The third-order valence-corrected chi connectivity index (χ3v) is 4.69. The molecular formula is C22H23N3O. The van der Waals surface area contributed by atoms with Crippen molar-refractivity contribution in [2.24, 2.45) is 0 Å². The monoisotopic (exact) mass is 345 g/mol. The number of rotatable bonds is 5. The van der Waals surface area contributed by atoms with Crippen molar-refractivity contribution in [2.75, 3.05) is 18.0 Å². The molecule has 1 aliphatic rings. The molecule has 2 aromatic rings. The number of benzene rings is 2. The quantitative estimate of drug-likeness (QED) is 0.662. The summed E-state index contributed by atoms with van der Waals surface area (Å²) in [6.45, 7) is 4.62. The lowest BCUT2D eigenvalue weighted by Gasteiger charge is -2.18. The Labute approximate surface area is 154 Å². The topological polar surface area (TPSA) is 56.1 Å². The standard InChI is InChI=1S/C22H23N3O/c1-17-13-21(25-11-5-6-12-25)10-9-19(17)14-20(15-23)22(26)24-16-18-7-3-2-4-8-18/h2-4,7-10,13-14H,5-6,11-12,16H2,1H3,(H,24,26)/b20-14-. The maximum absolute atomic E-state index is 12.3. The third kappa shape index (κ3) is 4.31. The van der Waals surface area contributed by atoms with Gasteiger partial charge in [-0.15, -0.1) is 0 Å². The zero-order valence-corrected chi connectivity index (χ0v) is 15.0. The summed E-state index contributed by atoms with van der Waals surface area (Å²) < 4.78 is 0. The van der Waals surface area contributed by atoms with E-state index in [1.54, 1.807) is 6.08 Å². The van der Waals surface area contributed by atoms with Crippen molar-refractivity contribution in [3.8, 4) is 6.07 Å². The molecule has 26 heavy (non-hydrogen) atoms. The van der Waals surface area contributed by atoms with Crippen LogP contribution in [0.3, 0.4) is 0 Å². The lowest BCUT2D eigenvalue weighted by molar-refractivity contribution is -0.117. The van der Waals surface area contributed by atoms with Gasteiger partial charge in [0.1, 0.15) is 11.6 Å². The van der Waals surface area contributed by atoms with E-state index in [-0.39, 0.29) is 11.5 Å². The van der Waals surface area contributed by atoms with Crippen LogP contribution < -0.4 is 10.2 Å². The summed E-state index contributed by atoms with van der Waals surface area (Å²) in [5.41, 5.74) is 4.31. The Morgan fingerprint density at radius 2 is 1.92 bits per heavy atom. The van der Waals surface area contributed by atoms with Gasteiger partial charge in [-0.1, -0.05) is 36.4 Å². The van der Waals surface area contributed by atoms with Gasteiger partial charge >= 0.3 is 0 Å². The summed E-state index contributed by atoms with van der Waals surface area (Å²) >= 11 is 0. The fraction of sp³-hybridized carbons (Fsp3) is 0.273. The van der Waals surface area contributed by atoms with Crippen LogP contribution in [0.1, 0.15) is 29.5 Å². The number of nitrogens with one attached hydrogen (secondary N) is 1. The summed E-state index contributed by atoms with van der Waals surface area (Å²) in [6.07, 6.45) is 4.14. The second-order valence-electron chi connectivity index (χ2n) is 6.57. The average Bonchev–Trinajstić information content (AvgIpc) is 3.21. The van der Waals surface area contributed by atoms with E-state index in [0.717, 1.165) is 29.8 Å². The van der Waals surface area contributed by atoms with Crippen molar-refractivity contribution in [1.29, 1.82) is 5.26 Å². The fourth-order valence-corrected chi connectivity index (χ4v) is 3.17. The Balaban J connectivity index is 1.71. The number of aryl methyl sites for hydroxylation is 1. The maximum Gasteiger partial charge on any atom is 0.262 e. The molecule has 1 N–H and O–H groups in total. The van der Waals surface area contributed by atoms with Gasteiger partial charge in [-0.25, -0.2) is 0 Å². The molecule has 0 atom stereocenters. The Kier molecular flexibility index (Phi) is 5.70. The zero-order valence-electron chi connectivity index (χ0n) is 15.0. The van der Waals surface area contributed by atoms with E-state index >= 15 is 0 Å². The number of amides is 1. The minimum Gasteiger partial charge on any atom is -0.372 e. The Hall–Kier alpha value is -3.06. The Bertz CT molecular complexity index is 843. The molecule has 1 aliphatic heterocycles. The number of anilines is 1. The Morgan fingerprint density at radius 3 is 2.58 bits per heavy atom. The van der Waals surface area contributed by atoms with Crippen LogP contribution in [0.25, 0.3) is 6.08 Å². The summed E-state index contributed by atoms with van der Waals surface area (Å²) in [6, 6.07) is 17.9. The molecule has 0 radical (unpaired) electrons. The van der Waals surface area contributed by atoms with E-state index in [2.05, 4.69) is 22.3 Å². The molecule has 0 unspecified atom stereocenters. The number of hydrogen-bond acceptors (Lipinski definition) is 3. The van der Waals surface area contributed by atoms with Crippen molar-refractivity contribution in [1.82, 2.24) is 5.32 Å². The molecule has 2 aromatic carbocycles. The van der Waals surface area contributed by atoms with Crippen LogP contribution in [0.5, 0.6) is 0 Å². The van der Waals surface area contributed by atoms with Crippen LogP contribution in [0.4, 0.5) is 5.69 Å². The van der Waals surface area contributed by atoms with E-state index in [9.17, 15) is 10.1 Å². The van der Waals surface area contributed by atoms with E-state index in [0.29, 0.717) is 6.54 Å². The highest BCUT2D eigenvalue weighted by Gasteiger charge is 2.14. The molecule has 4 heteroatoms. The van der Waals surface area contributed by atoms with E-state index in [4.69, 9.17) is 0 Å². The number of hydrogen-bond donors (Lipinski definition) is 1. The van der Waals surface area contributed by atoms with E-state index in [1.807, 2.05) is 49.4 Å². The lowest BCUT2D eigenvalue weighted by atomic mass is 10.0. The summed E-state index contributed by atoms with van der Waals surface area (Å²) in [7, 11) is 0. The molecule has 0 aliphatic carbocycles. The van der Waals surface area contributed by atoms with Gasteiger partial charge in [0, 0.05) is 25.3 Å². The van der Waals surface area contributed by atoms with Crippen molar-refractivity contribution in [3.05, 3.63) is 70.8 Å². The molecule has 4 nitrogen and oxygen atoms in total. The average molecular weight is 345 g/mol. The zero-order chi connectivity index (χ0) is 18.4. The van der Waals surface area contributed by atoms with Gasteiger partial charge in [0.2, 0.25) is 0 Å². The molecule has 1 amide bonds. The van der Waals surface area contributed by atoms with Crippen molar-refractivity contribution in [2.45, 2.75) is 26.3 Å². The van der Waals surface area contributed by atoms with Crippen LogP contribution in [0, 0.1) is 18.3 Å². The fourth-order valence-electron chi connectivity index (χ4n) is 3.17. The second kappa shape index (κ2) is 8.35. The van der Waals surface area contributed by atoms with Crippen LogP contribution in [0.15, 0.2) is 54.1 Å². The largest absolute Gasteiger partial charge is 0.372 e. The smallest absolute Gasteiger partial charge is 0.262 e. The molecule has 132 valence electrons. The number of nitriles is 1. The second-order valence-corrected chi connectivity index (χ2v) is 6.57. The first-order chi connectivity index (χ1) is 12.7. The van der Waals surface area contributed by atoms with Gasteiger partial charge in [0.25, 0.3) is 5.91 Å². The molecule has 0 spiro atoms. The molecule has 0 aromatic heterocycles. The highest BCUT2D eigenvalue weighted by Crippen LogP contribution is 2.24. The summed E-state index contributed by atoms with van der Waals surface area (Å²) in [5.74, 6) is -0.348. The molecule has 1 saturated heterocycles. The molecule has 1 heterocycles. The first kappa shape index (κ1) is 17.8. The molecule has 0 bridgehead atoms. The minimum atomic E-state index is -0.348. The molecule has 0 saturated carbocycles. The summed E-state index contributed by atoms with van der Waals surface area (Å²) in [5, 5.41) is 12.2. The third-order valence-electron chi connectivity index (χ3n) is 4.69. The van der Waals surface area contributed by atoms with Crippen LogP contribution >= 0.6 is 0 Å². The van der Waals surface area contributed by atoms with Crippen molar-refractivity contribution < 1.29 is 4.79 Å². The predicted octanol–water partition coefficient (Wildman–Crippen LogP) is 3.82. The van der Waals surface area contributed by atoms with Crippen LogP contribution in [-0.2, 0) is 11.3 Å². The Morgan fingerprint density at radius 1 is 1.19 bits per heavy atom. The molecule has 3 rings (SSSR count). The highest BCUT2D eigenvalue weighted by atomic mass is 16.1. The number of nitrogens with zero attached hydrogens (tertiary/aromatic N) is 2. The minimum absolute atomic E-state index is 0.123. The van der Waals surface area contributed by atoms with Gasteiger partial charge in [0.15, 0.2) is 0 Å². The van der Waals surface area contributed by atoms with Gasteiger partial charge in [-0.05, 0) is 54.7 Å². The van der Waals surface area contributed by atoms with Gasteiger partial charge < -0.3 is 10.2 Å². The predicted molar refractivity (Wildman–Crippen MR) is 105 cm³/mol. The molecular weight excluding hydrogens is 322 g/mol. The first-order valence-electron chi connectivity index (χ1n) is 8.97. The maximum atomic E-state index is 12.3. The highest BCUT2D eigenvalue weighted by molar-refractivity contribution is 6.01. The van der Waals surface area contributed by atoms with E-state index in [1.165, 1.54) is 18.5 Å². The number of carbonyl (C=O) groups excluding carboxylic acids is 1. The van der Waals surface area contributed by atoms with Gasteiger partial charge in [-0.3, -0.25) is 4.79 Å². The first-order valence-corrected chi connectivity index (χ1v) is 8.97.